The van der Waals surface area contributed by atoms with E-state index in [1.165, 1.54) is 22.0 Å². The smallest absolute Gasteiger partial charge is 0.0492 e. The monoisotopic (exact) mass is 264 g/mol. The highest BCUT2D eigenvalue weighted by atomic mass is 14.8. The maximum Gasteiger partial charge on any atom is 0.0492 e. The maximum atomic E-state index is 3.39. The molecular weight excluding hydrogens is 244 g/mol. The van der Waals surface area contributed by atoms with E-state index in [0.29, 0.717) is 5.92 Å². The first-order chi connectivity index (χ1) is 9.90. The summed E-state index contributed by atoms with van der Waals surface area (Å²) >= 11 is 0. The summed E-state index contributed by atoms with van der Waals surface area (Å²) in [7, 11) is 2.01. The lowest BCUT2D eigenvalue weighted by molar-refractivity contribution is 0.664. The molecule has 2 nitrogen and oxygen atoms in total. The van der Waals surface area contributed by atoms with E-state index < -0.39 is 0 Å². The van der Waals surface area contributed by atoms with Crippen LogP contribution in [0.1, 0.15) is 23.5 Å². The summed E-state index contributed by atoms with van der Waals surface area (Å²) in [4.78, 5) is 3.39. The standard InChI is InChI=1S/C18H20N2/c1-19-12-11-16(14-6-3-2-4-7-14)17-9-5-8-15-10-13-20-18(15)17/h2-10,13,16,19-20H,11-12H2,1H3/t16-/m0/s1. The Bertz CT molecular complexity index is 670. The fraction of sp³-hybridized carbons (Fsp3) is 0.222. The van der Waals surface area contributed by atoms with E-state index in [2.05, 4.69) is 64.9 Å². The summed E-state index contributed by atoms with van der Waals surface area (Å²) in [5, 5.41) is 4.55. The van der Waals surface area contributed by atoms with E-state index in [1.807, 2.05) is 13.2 Å². The Balaban J connectivity index is 2.07. The van der Waals surface area contributed by atoms with Crippen LogP contribution in [-0.4, -0.2) is 18.6 Å². The van der Waals surface area contributed by atoms with Crippen LogP contribution in [0.15, 0.2) is 60.8 Å². The van der Waals surface area contributed by atoms with Crippen molar-refractivity contribution in [3.8, 4) is 0 Å². The van der Waals surface area contributed by atoms with Crippen molar-refractivity contribution in [3.05, 3.63) is 71.9 Å². The van der Waals surface area contributed by atoms with Crippen molar-refractivity contribution >= 4 is 10.9 Å². The van der Waals surface area contributed by atoms with Crippen molar-refractivity contribution in [3.63, 3.8) is 0 Å². The molecule has 2 N–H and O–H groups in total. The third-order valence-electron chi connectivity index (χ3n) is 3.88. The van der Waals surface area contributed by atoms with Crippen LogP contribution in [0.2, 0.25) is 0 Å². The number of rotatable bonds is 5. The summed E-state index contributed by atoms with van der Waals surface area (Å²) in [6.45, 7) is 1.01. The lowest BCUT2D eigenvalue weighted by atomic mass is 9.87. The zero-order valence-electron chi connectivity index (χ0n) is 11.8. The molecule has 20 heavy (non-hydrogen) atoms. The van der Waals surface area contributed by atoms with E-state index in [-0.39, 0.29) is 0 Å². The average Bonchev–Trinajstić information content (AvgIpc) is 2.98. The van der Waals surface area contributed by atoms with Gasteiger partial charge < -0.3 is 10.3 Å². The number of hydrogen-bond acceptors (Lipinski definition) is 1. The molecule has 0 bridgehead atoms. The first kappa shape index (κ1) is 12.9. The van der Waals surface area contributed by atoms with Crippen LogP contribution < -0.4 is 5.32 Å². The molecule has 102 valence electrons. The number of para-hydroxylation sites is 1. The van der Waals surface area contributed by atoms with E-state index >= 15 is 0 Å². The quantitative estimate of drug-likeness (QED) is 0.718. The molecule has 1 atom stereocenters. The predicted octanol–water partition coefficient (Wildman–Crippen LogP) is 3.91. The van der Waals surface area contributed by atoms with Gasteiger partial charge >= 0.3 is 0 Å². The van der Waals surface area contributed by atoms with Crippen LogP contribution in [0.5, 0.6) is 0 Å². The van der Waals surface area contributed by atoms with Gasteiger partial charge in [0.05, 0.1) is 0 Å². The lowest BCUT2D eigenvalue weighted by Gasteiger charge is -2.19. The van der Waals surface area contributed by atoms with Gasteiger partial charge in [-0.3, -0.25) is 0 Å². The average molecular weight is 264 g/mol. The van der Waals surface area contributed by atoms with Crippen molar-refractivity contribution in [2.24, 2.45) is 0 Å². The Morgan fingerprint density at radius 3 is 2.65 bits per heavy atom. The molecule has 0 amide bonds. The summed E-state index contributed by atoms with van der Waals surface area (Å²) in [5.74, 6) is 0.422. The van der Waals surface area contributed by atoms with Crippen molar-refractivity contribution in [2.45, 2.75) is 12.3 Å². The molecular formula is C18H20N2. The fourth-order valence-corrected chi connectivity index (χ4v) is 2.88. The number of fused-ring (bicyclic) bond motifs is 1. The Morgan fingerprint density at radius 2 is 1.85 bits per heavy atom. The molecule has 1 heterocycles. The zero-order valence-corrected chi connectivity index (χ0v) is 11.8. The minimum atomic E-state index is 0.422. The molecule has 0 aliphatic rings. The molecule has 0 aliphatic carbocycles. The molecule has 2 aromatic carbocycles. The van der Waals surface area contributed by atoms with E-state index in [0.717, 1.165) is 13.0 Å². The molecule has 0 fully saturated rings. The Labute approximate surface area is 119 Å². The van der Waals surface area contributed by atoms with E-state index in [1.54, 1.807) is 0 Å². The second-order valence-corrected chi connectivity index (χ2v) is 5.14. The Hall–Kier alpha value is -2.06. The van der Waals surface area contributed by atoms with Crippen LogP contribution >= 0.6 is 0 Å². The fourth-order valence-electron chi connectivity index (χ4n) is 2.88. The Kier molecular flexibility index (Phi) is 3.84. The highest BCUT2D eigenvalue weighted by Crippen LogP contribution is 2.32. The molecule has 3 rings (SSSR count). The predicted molar refractivity (Wildman–Crippen MR) is 85.1 cm³/mol. The van der Waals surface area contributed by atoms with Gasteiger partial charge in [0.15, 0.2) is 0 Å². The number of H-pyrrole nitrogens is 1. The van der Waals surface area contributed by atoms with Crippen molar-refractivity contribution in [1.82, 2.24) is 10.3 Å². The second kappa shape index (κ2) is 5.93. The zero-order chi connectivity index (χ0) is 13.8. The summed E-state index contributed by atoms with van der Waals surface area (Å²) in [6.07, 6.45) is 3.12. The molecule has 0 saturated carbocycles. The topological polar surface area (TPSA) is 27.8 Å². The van der Waals surface area contributed by atoms with Gasteiger partial charge in [-0.25, -0.2) is 0 Å². The van der Waals surface area contributed by atoms with Crippen LogP contribution in [-0.2, 0) is 0 Å². The van der Waals surface area contributed by atoms with Gasteiger partial charge in [-0.2, -0.15) is 0 Å². The van der Waals surface area contributed by atoms with Gasteiger partial charge in [0, 0.05) is 17.6 Å². The van der Waals surface area contributed by atoms with Crippen molar-refractivity contribution in [2.75, 3.05) is 13.6 Å². The van der Waals surface area contributed by atoms with Crippen LogP contribution in [0.3, 0.4) is 0 Å². The number of aromatic amines is 1. The minimum Gasteiger partial charge on any atom is -0.361 e. The molecule has 0 aliphatic heterocycles. The van der Waals surface area contributed by atoms with Gasteiger partial charge in [0.1, 0.15) is 0 Å². The van der Waals surface area contributed by atoms with E-state index in [4.69, 9.17) is 0 Å². The molecule has 1 aromatic heterocycles. The molecule has 3 aromatic rings. The lowest BCUT2D eigenvalue weighted by Crippen LogP contribution is -2.13. The van der Waals surface area contributed by atoms with Gasteiger partial charge in [-0.05, 0) is 42.6 Å². The molecule has 0 spiro atoms. The van der Waals surface area contributed by atoms with Crippen LogP contribution in [0.4, 0.5) is 0 Å². The van der Waals surface area contributed by atoms with Crippen molar-refractivity contribution in [1.29, 1.82) is 0 Å². The maximum absolute atomic E-state index is 3.39. The largest absolute Gasteiger partial charge is 0.361 e. The number of nitrogens with one attached hydrogen (secondary N) is 2. The summed E-state index contributed by atoms with van der Waals surface area (Å²) in [5.41, 5.74) is 4.02. The summed E-state index contributed by atoms with van der Waals surface area (Å²) in [6, 6.07) is 19.5. The number of benzene rings is 2. The first-order valence-corrected chi connectivity index (χ1v) is 7.15. The minimum absolute atomic E-state index is 0.422. The SMILES string of the molecule is CNCC[C@@H](c1ccccc1)c1cccc2cc[nH]c12. The Morgan fingerprint density at radius 1 is 1.00 bits per heavy atom. The summed E-state index contributed by atoms with van der Waals surface area (Å²) < 4.78 is 0. The van der Waals surface area contributed by atoms with Gasteiger partial charge in [-0.15, -0.1) is 0 Å². The van der Waals surface area contributed by atoms with E-state index in [9.17, 15) is 0 Å². The second-order valence-electron chi connectivity index (χ2n) is 5.14. The highest BCUT2D eigenvalue weighted by Gasteiger charge is 2.16. The normalized spacial score (nSPS) is 12.7. The number of hydrogen-bond donors (Lipinski definition) is 2. The number of aromatic nitrogens is 1. The highest BCUT2D eigenvalue weighted by molar-refractivity contribution is 5.83. The van der Waals surface area contributed by atoms with Crippen molar-refractivity contribution < 1.29 is 0 Å². The van der Waals surface area contributed by atoms with Gasteiger partial charge in [0.2, 0.25) is 0 Å². The molecule has 0 unspecified atom stereocenters. The third kappa shape index (κ3) is 2.47. The van der Waals surface area contributed by atoms with Gasteiger partial charge in [0.25, 0.3) is 0 Å². The molecule has 0 saturated heterocycles. The third-order valence-corrected chi connectivity index (χ3v) is 3.88. The first-order valence-electron chi connectivity index (χ1n) is 7.15. The molecule has 2 heteroatoms. The van der Waals surface area contributed by atoms with Crippen LogP contribution in [0.25, 0.3) is 10.9 Å². The van der Waals surface area contributed by atoms with Gasteiger partial charge in [-0.1, -0.05) is 48.5 Å². The van der Waals surface area contributed by atoms with Crippen LogP contribution in [0, 0.1) is 0 Å². The molecule has 0 radical (unpaired) electrons.